The van der Waals surface area contributed by atoms with Gasteiger partial charge in [-0.2, -0.15) is 0 Å². The lowest BCUT2D eigenvalue weighted by molar-refractivity contribution is -0.117. The Morgan fingerprint density at radius 3 is 2.76 bits per heavy atom. The highest BCUT2D eigenvalue weighted by Crippen LogP contribution is 2.34. The Balaban J connectivity index is 2.36. The van der Waals surface area contributed by atoms with Crippen LogP contribution in [-0.4, -0.2) is 11.9 Å². The third kappa shape index (κ3) is 2.20. The van der Waals surface area contributed by atoms with Crippen LogP contribution in [0.5, 0.6) is 0 Å². The molecule has 2 N–H and O–H groups in total. The molecule has 92 valence electrons. The van der Waals surface area contributed by atoms with E-state index in [1.807, 2.05) is 6.92 Å². The van der Waals surface area contributed by atoms with Crippen LogP contribution in [-0.2, 0) is 4.79 Å². The lowest BCUT2D eigenvalue weighted by atomic mass is 10.0. The molecule has 2 atom stereocenters. The predicted molar refractivity (Wildman–Crippen MR) is 70.2 cm³/mol. The molecule has 1 heterocycles. The summed E-state index contributed by atoms with van der Waals surface area (Å²) in [6.07, 6.45) is 1.02. The van der Waals surface area contributed by atoms with Crippen LogP contribution in [0.1, 0.15) is 43.0 Å². The molecule has 1 aromatic carbocycles. The van der Waals surface area contributed by atoms with Crippen molar-refractivity contribution in [1.82, 2.24) is 5.32 Å². The Morgan fingerprint density at radius 1 is 1.41 bits per heavy atom. The quantitative estimate of drug-likeness (QED) is 0.841. The highest BCUT2D eigenvalue weighted by atomic mass is 16.2. The van der Waals surface area contributed by atoms with Crippen LogP contribution in [0.4, 0.5) is 5.69 Å². The van der Waals surface area contributed by atoms with Crippen molar-refractivity contribution < 1.29 is 4.79 Å². The van der Waals surface area contributed by atoms with Gasteiger partial charge in [0.15, 0.2) is 0 Å². The molecule has 0 saturated heterocycles. The van der Waals surface area contributed by atoms with E-state index in [2.05, 4.69) is 43.5 Å². The van der Waals surface area contributed by atoms with E-state index in [4.69, 9.17) is 0 Å². The van der Waals surface area contributed by atoms with Crippen LogP contribution >= 0.6 is 0 Å². The Hall–Kier alpha value is -1.35. The van der Waals surface area contributed by atoms with Crippen LogP contribution in [0.25, 0.3) is 0 Å². The van der Waals surface area contributed by atoms with Gasteiger partial charge in [0.2, 0.25) is 5.91 Å². The van der Waals surface area contributed by atoms with Gasteiger partial charge in [0.1, 0.15) is 6.04 Å². The molecule has 3 nitrogen and oxygen atoms in total. The molecule has 1 aromatic rings. The molecule has 0 bridgehead atoms. The summed E-state index contributed by atoms with van der Waals surface area (Å²) in [5.41, 5.74) is 4.42. The zero-order valence-corrected chi connectivity index (χ0v) is 10.9. The monoisotopic (exact) mass is 232 g/mol. The first-order chi connectivity index (χ1) is 8.02. The summed E-state index contributed by atoms with van der Waals surface area (Å²) in [5.74, 6) is 0.0639. The zero-order chi connectivity index (χ0) is 12.6. The molecule has 0 aliphatic carbocycles. The molecule has 0 radical (unpaired) electrons. The van der Waals surface area contributed by atoms with Gasteiger partial charge < -0.3 is 5.32 Å². The van der Waals surface area contributed by atoms with E-state index in [9.17, 15) is 4.79 Å². The molecular formula is C14H20N2O. The Kier molecular flexibility index (Phi) is 3.20. The number of fused-ring (bicyclic) bond motifs is 1. The van der Waals surface area contributed by atoms with Crippen molar-refractivity contribution in [2.75, 3.05) is 5.32 Å². The summed E-state index contributed by atoms with van der Waals surface area (Å²) in [5, 5.41) is 6.35. The van der Waals surface area contributed by atoms with E-state index in [0.29, 0.717) is 6.04 Å². The van der Waals surface area contributed by atoms with Gasteiger partial charge in [-0.3, -0.25) is 10.1 Å². The van der Waals surface area contributed by atoms with Crippen LogP contribution in [0, 0.1) is 13.8 Å². The van der Waals surface area contributed by atoms with Crippen molar-refractivity contribution in [3.8, 4) is 0 Å². The van der Waals surface area contributed by atoms with Crippen molar-refractivity contribution in [2.45, 2.75) is 46.2 Å². The lowest BCUT2D eigenvalue weighted by Crippen LogP contribution is -2.34. The third-order valence-electron chi connectivity index (χ3n) is 3.40. The molecule has 0 spiro atoms. The number of hydrogen-bond donors (Lipinski definition) is 2. The normalized spacial score (nSPS) is 20.0. The van der Waals surface area contributed by atoms with E-state index in [-0.39, 0.29) is 11.9 Å². The second kappa shape index (κ2) is 4.49. The van der Waals surface area contributed by atoms with Crippen molar-refractivity contribution in [1.29, 1.82) is 0 Å². The number of rotatable bonds is 3. The van der Waals surface area contributed by atoms with Gasteiger partial charge >= 0.3 is 0 Å². The number of carbonyl (C=O) groups is 1. The summed E-state index contributed by atoms with van der Waals surface area (Å²) in [4.78, 5) is 12.0. The first kappa shape index (κ1) is 12.1. The zero-order valence-electron chi connectivity index (χ0n) is 10.9. The highest BCUT2D eigenvalue weighted by Gasteiger charge is 2.32. The SMILES string of the molecule is CCC(C)NC1C(=O)Nc2c(C)cc(C)cc21. The maximum absolute atomic E-state index is 12.0. The summed E-state index contributed by atoms with van der Waals surface area (Å²) in [6.45, 7) is 8.33. The molecule has 0 aromatic heterocycles. The fraction of sp³-hybridized carbons (Fsp3) is 0.500. The molecule has 0 saturated carbocycles. The maximum Gasteiger partial charge on any atom is 0.246 e. The molecule has 1 amide bonds. The summed E-state index contributed by atoms with van der Waals surface area (Å²) < 4.78 is 0. The molecule has 3 heteroatoms. The van der Waals surface area contributed by atoms with E-state index in [1.54, 1.807) is 0 Å². The first-order valence-corrected chi connectivity index (χ1v) is 6.21. The molecule has 1 aliphatic heterocycles. The number of anilines is 1. The van der Waals surface area contributed by atoms with Gasteiger partial charge in [0, 0.05) is 17.3 Å². The topological polar surface area (TPSA) is 41.1 Å². The van der Waals surface area contributed by atoms with E-state index in [1.165, 1.54) is 5.56 Å². The number of carbonyl (C=O) groups excluding carboxylic acids is 1. The van der Waals surface area contributed by atoms with Crippen LogP contribution in [0.3, 0.4) is 0 Å². The second-order valence-electron chi connectivity index (χ2n) is 4.94. The van der Waals surface area contributed by atoms with Gasteiger partial charge in [0.25, 0.3) is 0 Å². The van der Waals surface area contributed by atoms with Crippen LogP contribution in [0.15, 0.2) is 12.1 Å². The van der Waals surface area contributed by atoms with E-state index < -0.39 is 0 Å². The molecule has 1 aliphatic rings. The summed E-state index contributed by atoms with van der Waals surface area (Å²) in [6, 6.07) is 4.35. The fourth-order valence-corrected chi connectivity index (χ4v) is 2.30. The van der Waals surface area contributed by atoms with E-state index >= 15 is 0 Å². The average Bonchev–Trinajstić information content (AvgIpc) is 2.57. The average molecular weight is 232 g/mol. The molecule has 2 rings (SSSR count). The van der Waals surface area contributed by atoms with Crippen molar-refractivity contribution in [2.24, 2.45) is 0 Å². The second-order valence-corrected chi connectivity index (χ2v) is 4.94. The number of nitrogens with one attached hydrogen (secondary N) is 2. The smallest absolute Gasteiger partial charge is 0.246 e. The van der Waals surface area contributed by atoms with Crippen molar-refractivity contribution in [3.63, 3.8) is 0 Å². The van der Waals surface area contributed by atoms with Crippen LogP contribution in [0.2, 0.25) is 0 Å². The minimum Gasteiger partial charge on any atom is -0.324 e. The Bertz CT molecular complexity index is 454. The summed E-state index contributed by atoms with van der Waals surface area (Å²) >= 11 is 0. The van der Waals surface area contributed by atoms with Gasteiger partial charge in [-0.05, 0) is 32.8 Å². The molecule has 0 fully saturated rings. The van der Waals surface area contributed by atoms with Crippen LogP contribution < -0.4 is 10.6 Å². The largest absolute Gasteiger partial charge is 0.324 e. The molecule has 17 heavy (non-hydrogen) atoms. The minimum absolute atomic E-state index is 0.0639. The number of amides is 1. The van der Waals surface area contributed by atoms with Crippen molar-refractivity contribution in [3.05, 3.63) is 28.8 Å². The fourth-order valence-electron chi connectivity index (χ4n) is 2.30. The Labute approximate surface area is 103 Å². The van der Waals surface area contributed by atoms with Gasteiger partial charge in [-0.25, -0.2) is 0 Å². The maximum atomic E-state index is 12.0. The summed E-state index contributed by atoms with van der Waals surface area (Å²) in [7, 11) is 0. The first-order valence-electron chi connectivity index (χ1n) is 6.21. The van der Waals surface area contributed by atoms with Crippen molar-refractivity contribution >= 4 is 11.6 Å². The third-order valence-corrected chi connectivity index (χ3v) is 3.40. The number of aryl methyl sites for hydroxylation is 2. The van der Waals surface area contributed by atoms with E-state index in [0.717, 1.165) is 23.2 Å². The minimum atomic E-state index is -0.196. The lowest BCUT2D eigenvalue weighted by Gasteiger charge is -2.17. The highest BCUT2D eigenvalue weighted by molar-refractivity contribution is 6.03. The van der Waals surface area contributed by atoms with Gasteiger partial charge in [-0.15, -0.1) is 0 Å². The Morgan fingerprint density at radius 2 is 2.12 bits per heavy atom. The van der Waals surface area contributed by atoms with Gasteiger partial charge in [0.05, 0.1) is 0 Å². The molecular weight excluding hydrogens is 212 g/mol. The number of benzene rings is 1. The molecule has 2 unspecified atom stereocenters. The standard InChI is InChI=1S/C14H20N2O/c1-5-10(4)15-13-11-7-8(2)6-9(3)12(11)16-14(13)17/h6-7,10,13,15H,5H2,1-4H3,(H,16,17). The number of hydrogen-bond acceptors (Lipinski definition) is 2. The van der Waals surface area contributed by atoms with Gasteiger partial charge in [-0.1, -0.05) is 24.6 Å². The predicted octanol–water partition coefficient (Wildman–Crippen LogP) is 2.68.